The highest BCUT2D eigenvalue weighted by Crippen LogP contribution is 2.27. The minimum atomic E-state index is -1.64. The number of aliphatic hydroxyl groups excluding tert-OH is 1. The summed E-state index contributed by atoms with van der Waals surface area (Å²) >= 11 is 0. The third kappa shape index (κ3) is 26.9. The van der Waals surface area contributed by atoms with Crippen molar-refractivity contribution in [3.8, 4) is 0 Å². The van der Waals surface area contributed by atoms with Gasteiger partial charge in [0.05, 0.1) is 25.4 Å². The summed E-state index contributed by atoms with van der Waals surface area (Å²) in [4.78, 5) is 176. The van der Waals surface area contributed by atoms with Crippen LogP contribution < -0.4 is 26.6 Å². The van der Waals surface area contributed by atoms with Crippen LogP contribution in [0.4, 0.5) is 0 Å². The van der Waals surface area contributed by atoms with Gasteiger partial charge in [0.1, 0.15) is 66.5 Å². The Bertz CT molecular complexity index is 2910. The van der Waals surface area contributed by atoms with Gasteiger partial charge in [0.25, 0.3) is 0 Å². The van der Waals surface area contributed by atoms with E-state index in [-0.39, 0.29) is 50.0 Å². The van der Waals surface area contributed by atoms with Gasteiger partial charge in [-0.3, -0.25) is 57.6 Å². The van der Waals surface area contributed by atoms with Crippen molar-refractivity contribution < 1.29 is 67.3 Å². The lowest BCUT2D eigenvalue weighted by atomic mass is 9.90. The van der Waals surface area contributed by atoms with Crippen LogP contribution in [-0.2, 0) is 68.8 Å². The number of benzene rings is 1. The molecule has 1 aromatic carbocycles. The second kappa shape index (κ2) is 44.3. The molecule has 0 aromatic heterocycles. The Morgan fingerprint density at radius 2 is 1.01 bits per heavy atom. The van der Waals surface area contributed by atoms with Crippen LogP contribution in [0.1, 0.15) is 181 Å². The van der Waals surface area contributed by atoms with Gasteiger partial charge in [-0.25, -0.2) is 0 Å². The number of amides is 11. The maximum Gasteiger partial charge on any atom is 0.246 e. The molecule has 0 saturated carbocycles. The van der Waals surface area contributed by atoms with Gasteiger partial charge < -0.3 is 75.5 Å². The van der Waals surface area contributed by atoms with Gasteiger partial charge in [-0.2, -0.15) is 0 Å². The molecule has 2 aliphatic rings. The Kier molecular flexibility index (Phi) is 39.0. The highest BCUT2D eigenvalue weighted by molar-refractivity contribution is 6.00. The van der Waals surface area contributed by atoms with Crippen molar-refractivity contribution in [2.24, 2.45) is 35.5 Å². The lowest BCUT2D eigenvalue weighted by Gasteiger charge is -2.41. The lowest BCUT2D eigenvalue weighted by molar-refractivity contribution is -0.157. The Hall–Kier alpha value is -6.81. The minimum absolute atomic E-state index is 0.00935. The Morgan fingerprint density at radius 1 is 0.500 bits per heavy atom. The molecule has 592 valence electrons. The quantitative estimate of drug-likeness (QED) is 0.0695. The summed E-state index contributed by atoms with van der Waals surface area (Å²) in [6.45, 7) is 33.0. The minimum Gasteiger partial charge on any atom is -0.390 e. The molecule has 3 rings (SSSR count). The zero-order valence-electron chi connectivity index (χ0n) is 67.4. The number of ether oxygens (including phenoxy) is 2. The van der Waals surface area contributed by atoms with Gasteiger partial charge in [-0.1, -0.05) is 126 Å². The average Bonchev–Trinajstić information content (AvgIpc) is 0.800. The fourth-order valence-electron chi connectivity index (χ4n) is 13.7. The van der Waals surface area contributed by atoms with E-state index >= 15 is 28.8 Å². The van der Waals surface area contributed by atoms with E-state index in [0.717, 1.165) is 60.8 Å². The summed E-state index contributed by atoms with van der Waals surface area (Å²) in [7, 11) is 10.00. The second-order valence-corrected chi connectivity index (χ2v) is 31.2. The van der Waals surface area contributed by atoms with Gasteiger partial charge in [-0.15, -0.1) is 0 Å². The number of nitrogens with zero attached hydrogens (tertiary/aromatic N) is 8. The number of hydrogen-bond acceptors (Lipinski definition) is 16. The molecule has 104 heavy (non-hydrogen) atoms. The molecule has 2 heterocycles. The maximum atomic E-state index is 15.5. The van der Waals surface area contributed by atoms with Crippen molar-refractivity contribution in [3.05, 3.63) is 35.9 Å². The summed E-state index contributed by atoms with van der Waals surface area (Å²) in [6.07, 6.45) is 2.02. The first-order valence-electron chi connectivity index (χ1n) is 38.2. The van der Waals surface area contributed by atoms with E-state index in [2.05, 4.69) is 31.5 Å². The first-order chi connectivity index (χ1) is 48.7. The lowest BCUT2D eigenvalue weighted by Crippen LogP contribution is -2.64. The molecule has 2 saturated heterocycles. The summed E-state index contributed by atoms with van der Waals surface area (Å²) in [5.74, 6) is -9.98. The van der Waals surface area contributed by atoms with Gasteiger partial charge in [0.2, 0.25) is 65.0 Å². The fourth-order valence-corrected chi connectivity index (χ4v) is 13.7. The molecule has 6 N–H and O–H groups in total. The van der Waals surface area contributed by atoms with Gasteiger partial charge in [0, 0.05) is 75.6 Å². The van der Waals surface area contributed by atoms with Crippen molar-refractivity contribution in [1.82, 2.24) is 65.8 Å². The summed E-state index contributed by atoms with van der Waals surface area (Å²) in [5, 5.41) is 27.2. The molecule has 11 amide bonds. The molecular formula is C77H135N13O14. The van der Waals surface area contributed by atoms with Crippen LogP contribution in [0.2, 0.25) is 0 Å². The van der Waals surface area contributed by atoms with Crippen LogP contribution in [0, 0.1) is 35.5 Å². The average molecular weight is 1470 g/mol. The van der Waals surface area contributed by atoms with E-state index in [0.29, 0.717) is 39.0 Å². The number of carbonyl (C=O) groups excluding carboxylic acids is 11. The van der Waals surface area contributed by atoms with E-state index in [1.165, 1.54) is 94.6 Å². The highest BCUT2D eigenvalue weighted by atomic mass is 16.5. The smallest absolute Gasteiger partial charge is 0.246 e. The van der Waals surface area contributed by atoms with Crippen LogP contribution in [-0.4, -0.2) is 283 Å². The van der Waals surface area contributed by atoms with Crippen molar-refractivity contribution in [3.63, 3.8) is 0 Å². The SMILES string of the molecule is CC[C@@H]1NC(=O)[C@H]([C@H](O)[C@H](C)CCCCCNCc2ccccc2)N(C)C(=O)[C@H](C(C)C)N(C)C(=O)[C@H](CC(C)C)N(C)C(=O)[C@H](CC(C)C)N(C)C(=O)[C@@H](C)NC(=O)[C@H](C)NC(=O)[C@H](CC(C)C)N(C)C(=O)[C@H](C(C)C)NC(=O)[C@H]([C@@H](C)OCCCCN2CCOCC2)N(C)C(=O)[C@@H](C)N(C)C1=O. The molecule has 14 atom stereocenters. The summed E-state index contributed by atoms with van der Waals surface area (Å²) in [5.41, 5.74) is 1.16. The molecule has 0 unspecified atom stereocenters. The van der Waals surface area contributed by atoms with Crippen LogP contribution in [0.3, 0.4) is 0 Å². The first kappa shape index (κ1) is 91.4. The Balaban J connectivity index is 2.29. The molecule has 27 nitrogen and oxygen atoms in total. The van der Waals surface area contributed by atoms with E-state index in [1.54, 1.807) is 48.5 Å². The standard InChI is InChI=1S/C77H135N13O14/c1-24-58-73(98)83(17)55(15)72(97)88(22)64(56(16)104-40-32-31-37-90-38-41-103-42-39-90)69(94)82-62(50(8)9)76(101)84(18)59(43-47(2)3)68(93)79-53(13)67(92)80-54(14)71(96)85(19)60(44-48(4)5)74(99)86(20)61(45-49(6)7)75(100)87(21)63(51(10)11)77(102)89(23)65(70(95)81-58)66(91)52(12)33-27-26-30-36-78-46-57-34-28-25-29-35-57/h25,28-29,34-35,47-56,58-66,78,91H,24,26-27,30-33,36-46H2,1-23H3,(H,79,93)(H,80,92)(H,81,95)(H,82,94)/t52-,53+,54-,55-,56-,58+,59+,60+,61+,62+,63+,64+,65+,66-/m1/s1. The molecule has 0 bridgehead atoms. The van der Waals surface area contributed by atoms with Crippen molar-refractivity contribution in [2.45, 2.75) is 260 Å². The van der Waals surface area contributed by atoms with E-state index in [1.807, 2.05) is 71.9 Å². The molecule has 2 aliphatic heterocycles. The van der Waals surface area contributed by atoms with Crippen molar-refractivity contribution >= 4 is 65.0 Å². The number of aliphatic hydroxyl groups is 1. The zero-order valence-corrected chi connectivity index (χ0v) is 67.4. The van der Waals surface area contributed by atoms with Crippen LogP contribution in [0.25, 0.3) is 0 Å². The van der Waals surface area contributed by atoms with Crippen molar-refractivity contribution in [2.75, 3.05) is 95.3 Å². The van der Waals surface area contributed by atoms with Gasteiger partial charge in [-0.05, 0) is 133 Å². The normalized spacial score (nSPS) is 26.1. The molecule has 2 fully saturated rings. The Labute approximate surface area is 622 Å². The van der Waals surface area contributed by atoms with Crippen molar-refractivity contribution in [1.29, 1.82) is 0 Å². The maximum absolute atomic E-state index is 15.5. The number of nitrogens with one attached hydrogen (secondary N) is 5. The first-order valence-corrected chi connectivity index (χ1v) is 38.2. The van der Waals surface area contributed by atoms with Crippen LogP contribution in [0.15, 0.2) is 30.3 Å². The number of carbonyl (C=O) groups is 11. The van der Waals surface area contributed by atoms with Crippen LogP contribution >= 0.6 is 0 Å². The predicted molar refractivity (Wildman–Crippen MR) is 403 cm³/mol. The molecule has 0 radical (unpaired) electrons. The number of morpholine rings is 1. The molecular weight excluding hydrogens is 1330 g/mol. The van der Waals surface area contributed by atoms with E-state index < -0.39 is 161 Å². The van der Waals surface area contributed by atoms with E-state index in [9.17, 15) is 29.1 Å². The molecule has 0 spiro atoms. The van der Waals surface area contributed by atoms with E-state index in [4.69, 9.17) is 9.47 Å². The third-order valence-corrected chi connectivity index (χ3v) is 20.5. The number of rotatable bonds is 26. The Morgan fingerprint density at radius 3 is 1.56 bits per heavy atom. The molecule has 27 heteroatoms. The molecule has 0 aliphatic carbocycles. The number of likely N-dealkylation sites (N-methyl/N-ethyl adjacent to an activating group) is 7. The predicted octanol–water partition coefficient (Wildman–Crippen LogP) is 4.51. The summed E-state index contributed by atoms with van der Waals surface area (Å²) in [6, 6.07) is -4.19. The highest BCUT2D eigenvalue weighted by Gasteiger charge is 2.47. The fraction of sp³-hybridized carbons (Fsp3) is 0.779. The summed E-state index contributed by atoms with van der Waals surface area (Å²) < 4.78 is 11.9. The monoisotopic (exact) mass is 1470 g/mol. The van der Waals surface area contributed by atoms with Gasteiger partial charge >= 0.3 is 0 Å². The van der Waals surface area contributed by atoms with Crippen LogP contribution in [0.5, 0.6) is 0 Å². The number of unbranched alkanes of at least 4 members (excludes halogenated alkanes) is 3. The molecule has 1 aromatic rings. The zero-order chi connectivity index (χ0) is 78.7. The second-order valence-electron chi connectivity index (χ2n) is 31.2. The topological polar surface area (TPSA) is 313 Å². The largest absolute Gasteiger partial charge is 0.390 e. The number of hydrogen-bond donors (Lipinski definition) is 6. The third-order valence-electron chi connectivity index (χ3n) is 20.5. The van der Waals surface area contributed by atoms with Gasteiger partial charge in [0.15, 0.2) is 0 Å².